The number of esters is 1. The van der Waals surface area contributed by atoms with Crippen LogP contribution in [-0.2, 0) is 18.4 Å². The molecule has 0 aliphatic carbocycles. The standard InChI is InChI=1S/C15H18N2O3S/c1-4-19-15(18)13-9-16-17(2)14(13)10-20-11-5-7-12(21-3)8-6-11/h5-9H,4,10H2,1-3H3. The van der Waals surface area contributed by atoms with Crippen molar-refractivity contribution in [2.45, 2.75) is 18.4 Å². The van der Waals surface area contributed by atoms with Crippen LogP contribution in [0.5, 0.6) is 5.75 Å². The minimum atomic E-state index is -0.373. The number of aromatic nitrogens is 2. The van der Waals surface area contributed by atoms with Gasteiger partial charge in [-0.1, -0.05) is 0 Å². The lowest BCUT2D eigenvalue weighted by Crippen LogP contribution is -2.11. The van der Waals surface area contributed by atoms with Gasteiger partial charge in [0.05, 0.1) is 18.5 Å². The van der Waals surface area contributed by atoms with Gasteiger partial charge in [0.15, 0.2) is 0 Å². The molecule has 0 saturated heterocycles. The molecule has 0 amide bonds. The predicted molar refractivity (Wildman–Crippen MR) is 81.7 cm³/mol. The highest BCUT2D eigenvalue weighted by Crippen LogP contribution is 2.20. The Morgan fingerprint density at radius 1 is 1.33 bits per heavy atom. The summed E-state index contributed by atoms with van der Waals surface area (Å²) < 4.78 is 12.4. The van der Waals surface area contributed by atoms with E-state index in [9.17, 15) is 4.79 Å². The van der Waals surface area contributed by atoms with Gasteiger partial charge in [0.2, 0.25) is 0 Å². The Morgan fingerprint density at radius 2 is 2.05 bits per heavy atom. The molecule has 1 heterocycles. The Kier molecular flexibility index (Phi) is 5.27. The Hall–Kier alpha value is -1.95. The predicted octanol–water partition coefficient (Wildman–Crippen LogP) is 2.90. The molecule has 2 aromatic rings. The quantitative estimate of drug-likeness (QED) is 0.607. The van der Waals surface area contributed by atoms with Gasteiger partial charge >= 0.3 is 5.97 Å². The summed E-state index contributed by atoms with van der Waals surface area (Å²) in [5.41, 5.74) is 1.14. The number of aryl methyl sites for hydroxylation is 1. The number of carbonyl (C=O) groups excluding carboxylic acids is 1. The molecule has 0 aliphatic rings. The fourth-order valence-electron chi connectivity index (χ4n) is 1.84. The zero-order valence-corrected chi connectivity index (χ0v) is 13.1. The first-order valence-electron chi connectivity index (χ1n) is 6.60. The van der Waals surface area contributed by atoms with Gasteiger partial charge in [-0.2, -0.15) is 5.10 Å². The molecule has 0 spiro atoms. The zero-order valence-electron chi connectivity index (χ0n) is 12.3. The van der Waals surface area contributed by atoms with Gasteiger partial charge in [-0.25, -0.2) is 4.79 Å². The van der Waals surface area contributed by atoms with Gasteiger partial charge in [-0.3, -0.25) is 4.68 Å². The Labute approximate surface area is 128 Å². The molecule has 112 valence electrons. The minimum Gasteiger partial charge on any atom is -0.487 e. The van der Waals surface area contributed by atoms with Crippen molar-refractivity contribution < 1.29 is 14.3 Å². The van der Waals surface area contributed by atoms with Crippen molar-refractivity contribution in [1.29, 1.82) is 0 Å². The molecule has 0 aliphatic heterocycles. The van der Waals surface area contributed by atoms with E-state index in [1.807, 2.05) is 30.5 Å². The van der Waals surface area contributed by atoms with E-state index in [2.05, 4.69) is 5.10 Å². The molecule has 0 fully saturated rings. The largest absolute Gasteiger partial charge is 0.487 e. The first kappa shape index (κ1) is 15.4. The third-order valence-corrected chi connectivity index (χ3v) is 3.74. The fourth-order valence-corrected chi connectivity index (χ4v) is 2.25. The van der Waals surface area contributed by atoms with Gasteiger partial charge < -0.3 is 9.47 Å². The first-order chi connectivity index (χ1) is 10.2. The normalized spacial score (nSPS) is 10.4. The maximum absolute atomic E-state index is 11.8. The van der Waals surface area contributed by atoms with Crippen molar-refractivity contribution in [3.05, 3.63) is 41.7 Å². The van der Waals surface area contributed by atoms with Gasteiger partial charge in [0.1, 0.15) is 17.9 Å². The van der Waals surface area contributed by atoms with E-state index in [0.717, 1.165) is 5.75 Å². The van der Waals surface area contributed by atoms with Gasteiger partial charge in [-0.05, 0) is 37.4 Å². The average molecular weight is 306 g/mol. The van der Waals surface area contributed by atoms with E-state index in [4.69, 9.17) is 9.47 Å². The third-order valence-electron chi connectivity index (χ3n) is 2.99. The first-order valence-corrected chi connectivity index (χ1v) is 7.83. The molecule has 0 N–H and O–H groups in total. The molecule has 0 bridgehead atoms. The van der Waals surface area contributed by atoms with Crippen molar-refractivity contribution in [3.63, 3.8) is 0 Å². The highest BCUT2D eigenvalue weighted by molar-refractivity contribution is 7.98. The Bertz CT molecular complexity index is 608. The van der Waals surface area contributed by atoms with Crippen LogP contribution in [0.3, 0.4) is 0 Å². The van der Waals surface area contributed by atoms with Crippen LogP contribution < -0.4 is 4.74 Å². The minimum absolute atomic E-state index is 0.267. The lowest BCUT2D eigenvalue weighted by Gasteiger charge is -2.09. The molecule has 1 aromatic heterocycles. The average Bonchev–Trinajstić information content (AvgIpc) is 2.87. The molecule has 0 radical (unpaired) electrons. The van der Waals surface area contributed by atoms with Crippen molar-refractivity contribution >= 4 is 17.7 Å². The number of rotatable bonds is 6. The molecule has 2 rings (SSSR count). The number of nitrogens with zero attached hydrogens (tertiary/aromatic N) is 2. The van der Waals surface area contributed by atoms with Crippen LogP contribution in [0.1, 0.15) is 23.0 Å². The maximum Gasteiger partial charge on any atom is 0.341 e. The summed E-state index contributed by atoms with van der Waals surface area (Å²) >= 11 is 1.68. The monoisotopic (exact) mass is 306 g/mol. The van der Waals surface area contributed by atoms with Crippen LogP contribution >= 0.6 is 11.8 Å². The molecule has 21 heavy (non-hydrogen) atoms. The highest BCUT2D eigenvalue weighted by atomic mass is 32.2. The van der Waals surface area contributed by atoms with Crippen LogP contribution in [-0.4, -0.2) is 28.6 Å². The Balaban J connectivity index is 2.08. The number of benzene rings is 1. The summed E-state index contributed by atoms with van der Waals surface area (Å²) in [6.07, 6.45) is 3.53. The van der Waals surface area contributed by atoms with E-state index in [1.165, 1.54) is 11.1 Å². The molecular formula is C15H18N2O3S. The van der Waals surface area contributed by atoms with E-state index in [1.54, 1.807) is 30.4 Å². The van der Waals surface area contributed by atoms with Gasteiger partial charge in [0.25, 0.3) is 0 Å². The second kappa shape index (κ2) is 7.17. The number of carbonyl (C=O) groups is 1. The van der Waals surface area contributed by atoms with Crippen molar-refractivity contribution in [1.82, 2.24) is 9.78 Å². The van der Waals surface area contributed by atoms with Gasteiger partial charge in [-0.15, -0.1) is 11.8 Å². The number of ether oxygens (including phenoxy) is 2. The second-order valence-corrected chi connectivity index (χ2v) is 5.19. The van der Waals surface area contributed by atoms with E-state index in [0.29, 0.717) is 17.9 Å². The van der Waals surface area contributed by atoms with Crippen LogP contribution in [0.2, 0.25) is 0 Å². The van der Waals surface area contributed by atoms with E-state index < -0.39 is 0 Å². The number of hydrogen-bond donors (Lipinski definition) is 0. The lowest BCUT2D eigenvalue weighted by atomic mass is 10.2. The smallest absolute Gasteiger partial charge is 0.341 e. The van der Waals surface area contributed by atoms with Crippen molar-refractivity contribution in [3.8, 4) is 5.75 Å². The van der Waals surface area contributed by atoms with Crippen LogP contribution in [0.15, 0.2) is 35.4 Å². The van der Waals surface area contributed by atoms with Gasteiger partial charge in [0, 0.05) is 11.9 Å². The zero-order chi connectivity index (χ0) is 15.2. The number of hydrogen-bond acceptors (Lipinski definition) is 5. The van der Waals surface area contributed by atoms with Crippen LogP contribution in [0.25, 0.3) is 0 Å². The molecule has 0 atom stereocenters. The lowest BCUT2D eigenvalue weighted by molar-refractivity contribution is 0.0523. The molecule has 1 aromatic carbocycles. The maximum atomic E-state index is 11.8. The summed E-state index contributed by atoms with van der Waals surface area (Å²) in [6.45, 7) is 2.38. The summed E-state index contributed by atoms with van der Waals surface area (Å²) in [5.74, 6) is 0.380. The van der Waals surface area contributed by atoms with Crippen LogP contribution in [0.4, 0.5) is 0 Å². The fraction of sp³-hybridized carbons (Fsp3) is 0.333. The SMILES string of the molecule is CCOC(=O)c1cnn(C)c1COc1ccc(SC)cc1. The number of thioether (sulfide) groups is 1. The van der Waals surface area contributed by atoms with Crippen molar-refractivity contribution in [2.24, 2.45) is 7.05 Å². The second-order valence-electron chi connectivity index (χ2n) is 4.31. The third kappa shape index (κ3) is 3.78. The summed E-state index contributed by atoms with van der Waals surface area (Å²) in [5, 5.41) is 4.09. The highest BCUT2D eigenvalue weighted by Gasteiger charge is 2.17. The molecule has 6 heteroatoms. The van der Waals surface area contributed by atoms with Crippen molar-refractivity contribution in [2.75, 3.05) is 12.9 Å². The van der Waals surface area contributed by atoms with E-state index >= 15 is 0 Å². The summed E-state index contributed by atoms with van der Waals surface area (Å²) in [7, 11) is 1.78. The van der Waals surface area contributed by atoms with Crippen LogP contribution in [0, 0.1) is 0 Å². The summed E-state index contributed by atoms with van der Waals surface area (Å²) in [4.78, 5) is 13.0. The van der Waals surface area contributed by atoms with E-state index in [-0.39, 0.29) is 12.6 Å². The molecule has 0 unspecified atom stereocenters. The molecule has 5 nitrogen and oxygen atoms in total. The Morgan fingerprint density at radius 3 is 2.67 bits per heavy atom. The molecular weight excluding hydrogens is 288 g/mol. The topological polar surface area (TPSA) is 53.3 Å². The summed E-state index contributed by atoms with van der Waals surface area (Å²) in [6, 6.07) is 7.81. The molecule has 0 saturated carbocycles.